The number of halogens is 2. The van der Waals surface area contributed by atoms with Crippen LogP contribution in [-0.4, -0.2) is 31.0 Å². The Bertz CT molecular complexity index is 1290. The SMILES string of the molecule is CCOC(=O)c1c(NC(=O)COc2ccc(C(=O)Nc3cc(Cl)ccc3Cl)cc2)sc2c1CCCC2. The molecule has 0 spiro atoms. The first-order valence-corrected chi connectivity index (χ1v) is 13.0. The maximum atomic E-state index is 12.6. The van der Waals surface area contributed by atoms with E-state index in [1.54, 1.807) is 49.4 Å². The Morgan fingerprint density at radius 2 is 1.75 bits per heavy atom. The van der Waals surface area contributed by atoms with Crippen LogP contribution in [-0.2, 0) is 22.4 Å². The van der Waals surface area contributed by atoms with Crippen LogP contribution in [0.15, 0.2) is 42.5 Å². The van der Waals surface area contributed by atoms with Gasteiger partial charge in [0.1, 0.15) is 10.8 Å². The van der Waals surface area contributed by atoms with E-state index in [1.807, 2.05) is 0 Å². The second kappa shape index (κ2) is 11.8. The van der Waals surface area contributed by atoms with E-state index in [4.69, 9.17) is 32.7 Å². The molecule has 0 saturated heterocycles. The van der Waals surface area contributed by atoms with Crippen molar-refractivity contribution in [2.24, 2.45) is 0 Å². The second-order valence-electron chi connectivity index (χ2n) is 8.08. The molecule has 4 rings (SSSR count). The van der Waals surface area contributed by atoms with Crippen LogP contribution in [0.2, 0.25) is 10.0 Å². The molecule has 2 aromatic carbocycles. The molecule has 1 aliphatic rings. The summed E-state index contributed by atoms with van der Waals surface area (Å²) in [5.74, 6) is -0.757. The molecule has 10 heteroatoms. The van der Waals surface area contributed by atoms with Gasteiger partial charge in [0.2, 0.25) is 0 Å². The third-order valence-corrected chi connectivity index (χ3v) is 7.34. The summed E-state index contributed by atoms with van der Waals surface area (Å²) in [5, 5.41) is 6.85. The highest BCUT2D eigenvalue weighted by Gasteiger charge is 2.27. The van der Waals surface area contributed by atoms with Gasteiger partial charge in [0.25, 0.3) is 11.8 Å². The summed E-state index contributed by atoms with van der Waals surface area (Å²) >= 11 is 13.5. The Labute approximate surface area is 222 Å². The molecule has 1 aliphatic carbocycles. The number of aryl methyl sites for hydroxylation is 1. The van der Waals surface area contributed by atoms with Crippen LogP contribution in [0.5, 0.6) is 5.75 Å². The molecule has 1 aromatic heterocycles. The number of nitrogens with one attached hydrogen (secondary N) is 2. The van der Waals surface area contributed by atoms with Crippen LogP contribution in [0.3, 0.4) is 0 Å². The summed E-state index contributed by atoms with van der Waals surface area (Å²) < 4.78 is 10.8. The lowest BCUT2D eigenvalue weighted by molar-refractivity contribution is -0.118. The molecule has 1 heterocycles. The van der Waals surface area contributed by atoms with Crippen LogP contribution in [0.4, 0.5) is 10.7 Å². The smallest absolute Gasteiger partial charge is 0.341 e. The van der Waals surface area contributed by atoms with E-state index in [9.17, 15) is 14.4 Å². The maximum Gasteiger partial charge on any atom is 0.341 e. The van der Waals surface area contributed by atoms with Crippen molar-refractivity contribution in [3.8, 4) is 5.75 Å². The van der Waals surface area contributed by atoms with E-state index in [-0.39, 0.29) is 19.1 Å². The highest BCUT2D eigenvalue weighted by atomic mass is 35.5. The number of rotatable bonds is 8. The number of ether oxygens (including phenoxy) is 2. The Morgan fingerprint density at radius 3 is 2.50 bits per heavy atom. The highest BCUT2D eigenvalue weighted by molar-refractivity contribution is 7.17. The van der Waals surface area contributed by atoms with Gasteiger partial charge < -0.3 is 20.1 Å². The van der Waals surface area contributed by atoms with Gasteiger partial charge >= 0.3 is 5.97 Å². The molecule has 36 heavy (non-hydrogen) atoms. The Morgan fingerprint density at radius 1 is 1.00 bits per heavy atom. The Kier molecular flexibility index (Phi) is 8.51. The predicted molar refractivity (Wildman–Crippen MR) is 142 cm³/mol. The summed E-state index contributed by atoms with van der Waals surface area (Å²) in [6.07, 6.45) is 3.76. The van der Waals surface area contributed by atoms with Crippen molar-refractivity contribution in [2.45, 2.75) is 32.6 Å². The molecule has 3 aromatic rings. The number of thiophene rings is 1. The fraction of sp³-hybridized carbons (Fsp3) is 0.269. The normalized spacial score (nSPS) is 12.4. The van der Waals surface area contributed by atoms with E-state index >= 15 is 0 Å². The van der Waals surface area contributed by atoms with Crippen molar-refractivity contribution < 1.29 is 23.9 Å². The Balaban J connectivity index is 1.36. The molecular formula is C26H24Cl2N2O5S. The first-order chi connectivity index (χ1) is 17.4. The lowest BCUT2D eigenvalue weighted by Gasteiger charge is -2.12. The maximum absolute atomic E-state index is 12.6. The molecule has 0 fully saturated rings. The molecule has 0 bridgehead atoms. The number of amides is 2. The number of benzene rings is 2. The van der Waals surface area contributed by atoms with Crippen molar-refractivity contribution in [2.75, 3.05) is 23.8 Å². The lowest BCUT2D eigenvalue weighted by Crippen LogP contribution is -2.21. The molecule has 0 atom stereocenters. The number of anilines is 2. The molecule has 0 radical (unpaired) electrons. The summed E-state index contributed by atoms with van der Waals surface area (Å²) in [6, 6.07) is 11.1. The fourth-order valence-corrected chi connectivity index (χ4v) is 5.51. The van der Waals surface area contributed by atoms with E-state index in [0.29, 0.717) is 37.6 Å². The van der Waals surface area contributed by atoms with Crippen LogP contribution in [0.1, 0.15) is 50.9 Å². The largest absolute Gasteiger partial charge is 0.484 e. The standard InChI is InChI=1S/C26H24Cl2N2O5S/c1-2-34-26(33)23-18-5-3-4-6-21(18)36-25(23)30-22(31)14-35-17-10-7-15(8-11-17)24(32)29-20-13-16(27)9-12-19(20)28/h7-13H,2-6,14H2,1H3,(H,29,32)(H,30,31). The average molecular weight is 547 g/mol. The van der Waals surface area contributed by atoms with Gasteiger partial charge in [0.15, 0.2) is 6.61 Å². The third kappa shape index (κ3) is 6.19. The summed E-state index contributed by atoms with van der Waals surface area (Å²) in [4.78, 5) is 38.8. The lowest BCUT2D eigenvalue weighted by atomic mass is 9.95. The number of fused-ring (bicyclic) bond motifs is 1. The van der Waals surface area contributed by atoms with Gasteiger partial charge in [-0.05, 0) is 80.6 Å². The molecule has 0 aliphatic heterocycles. The molecule has 0 saturated carbocycles. The first-order valence-electron chi connectivity index (χ1n) is 11.5. The molecule has 2 amide bonds. The van der Waals surface area contributed by atoms with Gasteiger partial charge in [-0.1, -0.05) is 23.2 Å². The van der Waals surface area contributed by atoms with E-state index in [2.05, 4.69) is 10.6 Å². The molecule has 0 unspecified atom stereocenters. The number of carbonyl (C=O) groups is 3. The van der Waals surface area contributed by atoms with Crippen LogP contribution in [0.25, 0.3) is 0 Å². The number of esters is 1. The Hall–Kier alpha value is -3.07. The van der Waals surface area contributed by atoms with Crippen LogP contribution in [0, 0.1) is 0 Å². The van der Waals surface area contributed by atoms with Crippen LogP contribution >= 0.6 is 34.5 Å². The summed E-state index contributed by atoms with van der Waals surface area (Å²) in [7, 11) is 0. The monoisotopic (exact) mass is 546 g/mol. The van der Waals surface area contributed by atoms with Crippen molar-refractivity contribution in [3.63, 3.8) is 0 Å². The van der Waals surface area contributed by atoms with E-state index in [0.717, 1.165) is 36.1 Å². The third-order valence-electron chi connectivity index (χ3n) is 5.57. The highest BCUT2D eigenvalue weighted by Crippen LogP contribution is 2.38. The molecular weight excluding hydrogens is 523 g/mol. The van der Waals surface area contributed by atoms with Crippen LogP contribution < -0.4 is 15.4 Å². The molecule has 2 N–H and O–H groups in total. The fourth-order valence-electron chi connectivity index (χ4n) is 3.88. The minimum absolute atomic E-state index is 0.255. The average Bonchev–Trinajstić information content (AvgIpc) is 3.23. The minimum Gasteiger partial charge on any atom is -0.484 e. The van der Waals surface area contributed by atoms with Gasteiger partial charge in [-0.3, -0.25) is 9.59 Å². The zero-order valence-corrected chi connectivity index (χ0v) is 21.8. The number of carbonyl (C=O) groups excluding carboxylic acids is 3. The van der Waals surface area contributed by atoms with Crippen molar-refractivity contribution in [1.82, 2.24) is 0 Å². The number of hydrogen-bond donors (Lipinski definition) is 2. The number of hydrogen-bond acceptors (Lipinski definition) is 6. The van der Waals surface area contributed by atoms with Gasteiger partial charge in [0.05, 0.1) is 22.9 Å². The van der Waals surface area contributed by atoms with Crippen molar-refractivity contribution >= 4 is 63.0 Å². The van der Waals surface area contributed by atoms with Gasteiger partial charge in [-0.2, -0.15) is 0 Å². The molecule has 188 valence electrons. The van der Waals surface area contributed by atoms with Crippen molar-refractivity contribution in [1.29, 1.82) is 0 Å². The van der Waals surface area contributed by atoms with Gasteiger partial charge in [0, 0.05) is 15.5 Å². The van der Waals surface area contributed by atoms with Gasteiger partial charge in [-0.25, -0.2) is 4.79 Å². The topological polar surface area (TPSA) is 93.7 Å². The van der Waals surface area contributed by atoms with E-state index < -0.39 is 11.9 Å². The van der Waals surface area contributed by atoms with E-state index in [1.165, 1.54) is 11.3 Å². The zero-order valence-electron chi connectivity index (χ0n) is 19.5. The summed E-state index contributed by atoms with van der Waals surface area (Å²) in [6.45, 7) is 1.76. The van der Waals surface area contributed by atoms with Gasteiger partial charge in [-0.15, -0.1) is 11.3 Å². The van der Waals surface area contributed by atoms with Crippen molar-refractivity contribution in [3.05, 3.63) is 74.1 Å². The quantitative estimate of drug-likeness (QED) is 0.319. The zero-order chi connectivity index (χ0) is 25.7. The summed E-state index contributed by atoms with van der Waals surface area (Å²) in [5.41, 5.74) is 2.23. The first kappa shape index (κ1) is 26.0. The second-order valence-corrected chi connectivity index (χ2v) is 10.0. The minimum atomic E-state index is -0.416. The molecule has 7 nitrogen and oxygen atoms in total. The predicted octanol–water partition coefficient (Wildman–Crippen LogP) is 6.38.